The largest absolute Gasteiger partial charge is 0.480 e. The zero-order valence-electron chi connectivity index (χ0n) is 35.5. The number of carbonyl (C=O) groups is 11. The van der Waals surface area contributed by atoms with Gasteiger partial charge in [-0.3, -0.25) is 72.3 Å². The van der Waals surface area contributed by atoms with Crippen LogP contribution in [0, 0.1) is 0 Å². The lowest BCUT2D eigenvalue weighted by molar-refractivity contribution is -0.140. The van der Waals surface area contributed by atoms with Gasteiger partial charge in [0.1, 0.15) is 6.04 Å². The van der Waals surface area contributed by atoms with Crippen LogP contribution in [0.15, 0.2) is 0 Å². The van der Waals surface area contributed by atoms with Crippen LogP contribution in [0.25, 0.3) is 0 Å². The van der Waals surface area contributed by atoms with Crippen LogP contribution < -0.4 is 37.2 Å². The summed E-state index contributed by atoms with van der Waals surface area (Å²) in [7, 11) is -1.72. The van der Waals surface area contributed by atoms with Crippen molar-refractivity contribution in [3.05, 3.63) is 0 Å². The molecule has 2 aliphatic rings. The molecule has 29 heteroatoms. The molecular formula is C35H59BN12O16. The summed E-state index contributed by atoms with van der Waals surface area (Å²) in [6.45, 7) is -1.41. The first-order valence-electron chi connectivity index (χ1n) is 20.3. The molecule has 0 bridgehead atoms. The number of nitrogens with zero attached hydrogens (tertiary/aromatic N) is 5. The highest BCUT2D eigenvalue weighted by Gasteiger charge is 2.38. The number of aliphatic carboxylic acids is 3. The highest BCUT2D eigenvalue weighted by molar-refractivity contribution is 6.43. The van der Waals surface area contributed by atoms with Gasteiger partial charge in [-0.2, -0.15) is 0 Å². The van der Waals surface area contributed by atoms with Crippen LogP contribution in [0.4, 0.5) is 0 Å². The topological polar surface area (TPSA) is 389 Å². The molecule has 2 rings (SSSR count). The number of rotatable bonds is 23. The Morgan fingerprint density at radius 3 is 1.08 bits per heavy atom. The second-order valence-electron chi connectivity index (χ2n) is 14.9. The van der Waals surface area contributed by atoms with E-state index < -0.39 is 124 Å². The number of nitrogens with one attached hydrogen (secondary N) is 7. The maximum Gasteiger partial charge on any atom is 0.475 e. The standard InChI is InChI=1S/C35H59BN12O16/c1-23(35(62)48-4-2-3-24(48)36(63)64)43-30(54)18-41-28(52)16-39-26(50)14-37-25(49)13-38-27(51)15-40-29(53)17-42-31(55)19-44-5-7-45(20-32(56)57)9-11-47(22-34(60)61)12-10-46(8-6-44)21-33(58)59/h23-24,63-64H,2-22H2,1H3,(H,37,49)(H,38,51)(H,39,50)(H,40,53)(H,41,52)(H,42,55)(H,43,54)(H,56,57)(H,58,59)(H,60,61)/t23-,24+/m1/s1. The first kappa shape index (κ1) is 54.1. The van der Waals surface area contributed by atoms with Crippen LogP contribution >= 0.6 is 0 Å². The van der Waals surface area contributed by atoms with Gasteiger partial charge in [-0.25, -0.2) is 0 Å². The summed E-state index contributed by atoms with van der Waals surface area (Å²) in [4.78, 5) is 140. The highest BCUT2D eigenvalue weighted by atomic mass is 16.4. The Kier molecular flexibility index (Phi) is 24.2. The van der Waals surface area contributed by atoms with Crippen LogP contribution in [0.2, 0.25) is 0 Å². The fourth-order valence-corrected chi connectivity index (χ4v) is 6.41. The molecule has 12 N–H and O–H groups in total. The average Bonchev–Trinajstić information content (AvgIpc) is 3.72. The maximum atomic E-state index is 12.8. The lowest BCUT2D eigenvalue weighted by Crippen LogP contribution is -2.54. The lowest BCUT2D eigenvalue weighted by atomic mass is 9.78. The lowest BCUT2D eigenvalue weighted by Gasteiger charge is -2.32. The van der Waals surface area contributed by atoms with Crippen molar-refractivity contribution in [1.29, 1.82) is 0 Å². The Labute approximate surface area is 367 Å². The molecule has 8 amide bonds. The SMILES string of the molecule is C[C@@H](NC(=O)CNC(=O)CNC(=O)CNC(=O)CNC(=O)CNC(=O)CNC(=O)CN1CCN(CC(=O)O)CCN(CC(=O)O)CCN(CC(=O)O)CC1)C(=O)N1CCC[C@H]1B(O)O. The van der Waals surface area contributed by atoms with Crippen molar-refractivity contribution >= 4 is 72.3 Å². The van der Waals surface area contributed by atoms with Gasteiger partial charge < -0.3 is 67.5 Å². The van der Waals surface area contributed by atoms with Gasteiger partial charge in [0.25, 0.3) is 0 Å². The molecule has 2 aliphatic heterocycles. The van der Waals surface area contributed by atoms with Crippen LogP contribution in [0.3, 0.4) is 0 Å². The molecule has 0 spiro atoms. The fraction of sp³-hybridized carbons (Fsp3) is 0.686. The Bertz CT molecular complexity index is 1640. The Morgan fingerprint density at radius 1 is 0.469 bits per heavy atom. The minimum atomic E-state index is -1.72. The normalized spacial score (nSPS) is 17.3. The molecular weight excluding hydrogens is 855 g/mol. The molecule has 2 heterocycles. The smallest absolute Gasteiger partial charge is 0.475 e. The molecule has 64 heavy (non-hydrogen) atoms. The molecule has 28 nitrogen and oxygen atoms in total. The number of hydrogen-bond donors (Lipinski definition) is 12. The van der Waals surface area contributed by atoms with Crippen LogP contribution in [0.1, 0.15) is 19.8 Å². The first-order chi connectivity index (χ1) is 30.2. The summed E-state index contributed by atoms with van der Waals surface area (Å²) in [6, 6.07) is -1.01. The van der Waals surface area contributed by atoms with Gasteiger partial charge in [0, 0.05) is 58.9 Å². The van der Waals surface area contributed by atoms with Gasteiger partial charge in [-0.05, 0) is 19.8 Å². The van der Waals surface area contributed by atoms with E-state index in [-0.39, 0.29) is 78.5 Å². The molecule has 358 valence electrons. The summed E-state index contributed by atoms with van der Waals surface area (Å²) in [5.74, 6) is -9.80. The summed E-state index contributed by atoms with van der Waals surface area (Å²) >= 11 is 0. The zero-order valence-corrected chi connectivity index (χ0v) is 35.5. The van der Waals surface area contributed by atoms with E-state index in [1.807, 2.05) is 0 Å². The van der Waals surface area contributed by atoms with Crippen molar-refractivity contribution in [2.24, 2.45) is 0 Å². The Morgan fingerprint density at radius 2 is 0.766 bits per heavy atom. The van der Waals surface area contributed by atoms with Gasteiger partial charge in [-0.1, -0.05) is 0 Å². The van der Waals surface area contributed by atoms with Gasteiger partial charge in [0.2, 0.25) is 47.3 Å². The molecule has 2 fully saturated rings. The molecule has 0 radical (unpaired) electrons. The molecule has 0 aliphatic carbocycles. The molecule has 0 unspecified atom stereocenters. The second kappa shape index (κ2) is 28.6. The number of carboxylic acid groups (broad SMARTS) is 3. The van der Waals surface area contributed by atoms with Crippen molar-refractivity contribution in [1.82, 2.24) is 61.7 Å². The second-order valence-corrected chi connectivity index (χ2v) is 14.9. The number of carboxylic acids is 3. The van der Waals surface area contributed by atoms with E-state index in [0.717, 1.165) is 0 Å². The monoisotopic (exact) mass is 914 g/mol. The minimum Gasteiger partial charge on any atom is -0.480 e. The first-order valence-corrected chi connectivity index (χ1v) is 20.3. The molecule has 0 aromatic heterocycles. The predicted octanol–water partition coefficient (Wildman–Crippen LogP) is -9.33. The van der Waals surface area contributed by atoms with E-state index in [1.165, 1.54) is 11.8 Å². The van der Waals surface area contributed by atoms with Crippen molar-refractivity contribution in [2.75, 3.05) is 124 Å². The number of amides is 8. The minimum absolute atomic E-state index is 0.177. The summed E-state index contributed by atoms with van der Waals surface area (Å²) in [5, 5.41) is 62.9. The summed E-state index contributed by atoms with van der Waals surface area (Å²) < 4.78 is 0. The number of likely N-dealkylation sites (tertiary alicyclic amines) is 1. The predicted molar refractivity (Wildman–Crippen MR) is 219 cm³/mol. The number of hydrogen-bond acceptors (Lipinski definition) is 17. The van der Waals surface area contributed by atoms with E-state index in [1.54, 1.807) is 19.6 Å². The van der Waals surface area contributed by atoms with Crippen molar-refractivity contribution < 1.29 is 78.1 Å². The zero-order chi connectivity index (χ0) is 47.8. The molecule has 0 saturated carbocycles. The van der Waals surface area contributed by atoms with Crippen LogP contribution in [0.5, 0.6) is 0 Å². The van der Waals surface area contributed by atoms with Crippen LogP contribution in [-0.4, -0.2) is 258 Å². The Balaban J connectivity index is 1.68. The summed E-state index contributed by atoms with van der Waals surface area (Å²) in [5.41, 5.74) is 0. The van der Waals surface area contributed by atoms with E-state index in [2.05, 4.69) is 37.2 Å². The fourth-order valence-electron chi connectivity index (χ4n) is 6.41. The van der Waals surface area contributed by atoms with Gasteiger partial charge in [-0.15, -0.1) is 0 Å². The summed E-state index contributed by atoms with van der Waals surface area (Å²) in [6.07, 6.45) is 0.968. The van der Waals surface area contributed by atoms with Crippen molar-refractivity contribution in [2.45, 2.75) is 31.7 Å². The van der Waals surface area contributed by atoms with Gasteiger partial charge >= 0.3 is 25.0 Å². The quantitative estimate of drug-likeness (QED) is 0.0424. The third-order valence-electron chi connectivity index (χ3n) is 9.72. The third kappa shape index (κ3) is 22.9. The van der Waals surface area contributed by atoms with E-state index in [4.69, 9.17) is 0 Å². The Hall–Kier alpha value is -6.01. The maximum absolute atomic E-state index is 12.8. The van der Waals surface area contributed by atoms with E-state index >= 15 is 0 Å². The van der Waals surface area contributed by atoms with E-state index in [9.17, 15) is 78.1 Å². The van der Waals surface area contributed by atoms with Crippen LogP contribution in [-0.2, 0) is 52.7 Å². The van der Waals surface area contributed by atoms with Crippen molar-refractivity contribution in [3.63, 3.8) is 0 Å². The van der Waals surface area contributed by atoms with E-state index in [0.29, 0.717) is 19.4 Å². The van der Waals surface area contributed by atoms with Gasteiger partial charge in [0.05, 0.1) is 71.4 Å². The molecule has 0 aromatic carbocycles. The van der Waals surface area contributed by atoms with Crippen molar-refractivity contribution in [3.8, 4) is 0 Å². The number of carbonyl (C=O) groups excluding carboxylic acids is 8. The van der Waals surface area contributed by atoms with Gasteiger partial charge in [0.15, 0.2) is 0 Å². The third-order valence-corrected chi connectivity index (χ3v) is 9.72. The molecule has 2 atom stereocenters. The molecule has 2 saturated heterocycles. The molecule has 0 aromatic rings. The average molecular weight is 915 g/mol. The highest BCUT2D eigenvalue weighted by Crippen LogP contribution is 2.19.